The predicted molar refractivity (Wildman–Crippen MR) is 49.6 cm³/mol. The van der Waals surface area contributed by atoms with Gasteiger partial charge in [-0.15, -0.1) is 0 Å². The second-order valence-electron chi connectivity index (χ2n) is 2.27. The van der Waals surface area contributed by atoms with Gasteiger partial charge in [-0.3, -0.25) is 4.84 Å². The number of benzene rings is 1. The first kappa shape index (κ1) is 9.25. The van der Waals surface area contributed by atoms with E-state index in [9.17, 15) is 4.79 Å². The molecule has 0 unspecified atom stereocenters. The number of rotatable bonds is 2. The van der Waals surface area contributed by atoms with Crippen LogP contribution in [0.3, 0.4) is 0 Å². The molecule has 0 bridgehead atoms. The lowest BCUT2D eigenvalue weighted by Gasteiger charge is -1.93. The van der Waals surface area contributed by atoms with E-state index in [1.807, 2.05) is 30.3 Å². The minimum atomic E-state index is -0.577. The fourth-order valence-corrected chi connectivity index (χ4v) is 0.720. The third-order valence-corrected chi connectivity index (χ3v) is 1.34. The van der Waals surface area contributed by atoms with Crippen molar-refractivity contribution < 1.29 is 9.63 Å². The summed E-state index contributed by atoms with van der Waals surface area (Å²) in [6.45, 7) is 0. The maximum Gasteiger partial charge on any atom is 0.433 e. The van der Waals surface area contributed by atoms with Crippen molar-refractivity contribution in [1.82, 2.24) is 5.32 Å². The molecule has 0 radical (unpaired) electrons. The van der Waals surface area contributed by atoms with Gasteiger partial charge in [0.2, 0.25) is 0 Å². The van der Waals surface area contributed by atoms with Crippen molar-refractivity contribution in [1.29, 1.82) is 0 Å². The molecule has 0 fully saturated rings. The molecule has 1 rings (SSSR count). The highest BCUT2D eigenvalue weighted by atomic mass is 16.7. The third kappa shape index (κ3) is 3.37. The highest BCUT2D eigenvalue weighted by molar-refractivity contribution is 5.79. The average molecular weight is 178 g/mol. The molecule has 1 N–H and O–H groups in total. The number of nitrogens with one attached hydrogen (secondary N) is 1. The van der Waals surface area contributed by atoms with Gasteiger partial charge < -0.3 is 5.32 Å². The van der Waals surface area contributed by atoms with E-state index in [0.29, 0.717) is 0 Å². The van der Waals surface area contributed by atoms with Crippen LogP contribution in [-0.4, -0.2) is 19.4 Å². The van der Waals surface area contributed by atoms with Crippen LogP contribution >= 0.6 is 0 Å². The zero-order valence-corrected chi connectivity index (χ0v) is 7.23. The molecule has 0 saturated carbocycles. The zero-order valence-electron chi connectivity index (χ0n) is 7.23. The second kappa shape index (κ2) is 4.92. The van der Waals surface area contributed by atoms with Gasteiger partial charge >= 0.3 is 6.09 Å². The number of carbonyl (C=O) groups excluding carboxylic acids is 1. The summed E-state index contributed by atoms with van der Waals surface area (Å²) in [4.78, 5) is 15.0. The molecule has 0 saturated heterocycles. The third-order valence-electron chi connectivity index (χ3n) is 1.34. The molecule has 1 aromatic carbocycles. The van der Waals surface area contributed by atoms with E-state index in [1.165, 1.54) is 13.3 Å². The van der Waals surface area contributed by atoms with Crippen molar-refractivity contribution in [2.45, 2.75) is 0 Å². The smallest absolute Gasteiger partial charge is 0.323 e. The van der Waals surface area contributed by atoms with Gasteiger partial charge in [-0.2, -0.15) is 0 Å². The van der Waals surface area contributed by atoms with Crippen molar-refractivity contribution in [2.75, 3.05) is 7.05 Å². The van der Waals surface area contributed by atoms with E-state index in [1.54, 1.807) is 0 Å². The van der Waals surface area contributed by atoms with E-state index >= 15 is 0 Å². The Labute approximate surface area is 76.2 Å². The van der Waals surface area contributed by atoms with Crippen molar-refractivity contribution in [3.63, 3.8) is 0 Å². The summed E-state index contributed by atoms with van der Waals surface area (Å²) in [5, 5.41) is 5.75. The number of amides is 1. The summed E-state index contributed by atoms with van der Waals surface area (Å²) < 4.78 is 0. The van der Waals surface area contributed by atoms with Gasteiger partial charge in [0.05, 0.1) is 6.21 Å². The molecule has 4 nitrogen and oxygen atoms in total. The van der Waals surface area contributed by atoms with Crippen LogP contribution in [0.1, 0.15) is 5.56 Å². The fraction of sp³-hybridized carbons (Fsp3) is 0.111. The Hall–Kier alpha value is -1.84. The van der Waals surface area contributed by atoms with E-state index in [-0.39, 0.29) is 0 Å². The van der Waals surface area contributed by atoms with Gasteiger partial charge in [-0.05, 0) is 5.56 Å². The van der Waals surface area contributed by atoms with E-state index < -0.39 is 6.09 Å². The largest absolute Gasteiger partial charge is 0.433 e. The van der Waals surface area contributed by atoms with Gasteiger partial charge in [0.1, 0.15) is 0 Å². The highest BCUT2D eigenvalue weighted by Crippen LogP contribution is 1.93. The molecule has 1 aromatic rings. The maximum absolute atomic E-state index is 10.6. The van der Waals surface area contributed by atoms with Crippen molar-refractivity contribution in [3.05, 3.63) is 35.9 Å². The summed E-state index contributed by atoms with van der Waals surface area (Å²) >= 11 is 0. The van der Waals surface area contributed by atoms with Gasteiger partial charge in [-0.25, -0.2) is 4.79 Å². The number of hydrogen-bond donors (Lipinski definition) is 1. The second-order valence-corrected chi connectivity index (χ2v) is 2.27. The Morgan fingerprint density at radius 1 is 1.46 bits per heavy atom. The van der Waals surface area contributed by atoms with Crippen LogP contribution in [0.15, 0.2) is 35.5 Å². The Morgan fingerprint density at radius 2 is 2.15 bits per heavy atom. The zero-order chi connectivity index (χ0) is 9.52. The van der Waals surface area contributed by atoms with Crippen LogP contribution in [0.2, 0.25) is 0 Å². The Bertz CT molecular complexity index is 296. The number of nitrogens with zero attached hydrogens (tertiary/aromatic N) is 1. The summed E-state index contributed by atoms with van der Waals surface area (Å²) in [5.74, 6) is 0. The lowest BCUT2D eigenvalue weighted by Crippen LogP contribution is -2.16. The standard InChI is InChI=1S/C9H10N2O2/c1-10-9(12)13-11-7-8-5-3-2-4-6-8/h2-7H,1H3,(H,10,12)/b11-7+. The van der Waals surface area contributed by atoms with Crippen LogP contribution in [0, 0.1) is 0 Å². The Morgan fingerprint density at radius 3 is 2.77 bits per heavy atom. The summed E-state index contributed by atoms with van der Waals surface area (Å²) in [6.07, 6.45) is 0.891. The molecule has 0 aliphatic rings. The van der Waals surface area contributed by atoms with E-state index in [0.717, 1.165) is 5.56 Å². The van der Waals surface area contributed by atoms with Gasteiger partial charge in [0, 0.05) is 7.05 Å². The van der Waals surface area contributed by atoms with Crippen LogP contribution in [0.4, 0.5) is 4.79 Å². The number of carbonyl (C=O) groups is 1. The Kier molecular flexibility index (Phi) is 3.50. The maximum atomic E-state index is 10.6. The summed E-state index contributed by atoms with van der Waals surface area (Å²) in [7, 11) is 1.47. The molecule has 68 valence electrons. The van der Waals surface area contributed by atoms with E-state index in [4.69, 9.17) is 0 Å². The van der Waals surface area contributed by atoms with Gasteiger partial charge in [0.25, 0.3) is 0 Å². The van der Waals surface area contributed by atoms with E-state index in [2.05, 4.69) is 15.3 Å². The summed E-state index contributed by atoms with van der Waals surface area (Å²) in [6, 6.07) is 9.37. The normalized spacial score (nSPS) is 9.92. The minimum Gasteiger partial charge on any atom is -0.323 e. The monoisotopic (exact) mass is 178 g/mol. The van der Waals surface area contributed by atoms with Crippen molar-refractivity contribution in [2.24, 2.45) is 5.16 Å². The average Bonchev–Trinajstić information content (AvgIpc) is 2.19. The molecule has 0 atom stereocenters. The topological polar surface area (TPSA) is 50.7 Å². The molecule has 0 heterocycles. The van der Waals surface area contributed by atoms with Crippen molar-refractivity contribution >= 4 is 12.3 Å². The number of hydrogen-bond acceptors (Lipinski definition) is 3. The van der Waals surface area contributed by atoms with Crippen LogP contribution in [0.5, 0.6) is 0 Å². The number of oxime groups is 1. The van der Waals surface area contributed by atoms with Crippen LogP contribution in [-0.2, 0) is 4.84 Å². The molecule has 0 spiro atoms. The molecule has 0 aromatic heterocycles. The first-order valence-corrected chi connectivity index (χ1v) is 3.80. The molecule has 13 heavy (non-hydrogen) atoms. The molecule has 0 aliphatic carbocycles. The Balaban J connectivity index is 2.45. The first-order chi connectivity index (χ1) is 6.33. The van der Waals surface area contributed by atoms with Crippen molar-refractivity contribution in [3.8, 4) is 0 Å². The molecule has 0 aliphatic heterocycles. The lowest BCUT2D eigenvalue weighted by molar-refractivity contribution is 0.154. The predicted octanol–water partition coefficient (Wildman–Crippen LogP) is 1.38. The first-order valence-electron chi connectivity index (χ1n) is 3.80. The van der Waals surface area contributed by atoms with Gasteiger partial charge in [0.15, 0.2) is 0 Å². The van der Waals surface area contributed by atoms with Gasteiger partial charge in [-0.1, -0.05) is 35.5 Å². The molecular weight excluding hydrogens is 168 g/mol. The molecule has 1 amide bonds. The van der Waals surface area contributed by atoms with Crippen LogP contribution < -0.4 is 5.32 Å². The minimum absolute atomic E-state index is 0.577. The lowest BCUT2D eigenvalue weighted by atomic mass is 10.2. The highest BCUT2D eigenvalue weighted by Gasteiger charge is 1.92. The molecular formula is C9H10N2O2. The molecule has 4 heteroatoms. The summed E-state index contributed by atoms with van der Waals surface area (Å²) in [5.41, 5.74) is 0.881. The van der Waals surface area contributed by atoms with Crippen LogP contribution in [0.25, 0.3) is 0 Å². The fourth-order valence-electron chi connectivity index (χ4n) is 0.720. The quantitative estimate of drug-likeness (QED) is 0.422. The SMILES string of the molecule is CNC(=O)O/N=C/c1ccccc1.